The predicted molar refractivity (Wildman–Crippen MR) is 71.6 cm³/mol. The number of aliphatic carboxylic acids is 1. The van der Waals surface area contributed by atoms with Crippen molar-refractivity contribution in [3.63, 3.8) is 0 Å². The Morgan fingerprint density at radius 3 is 2.71 bits per heavy atom. The highest BCUT2D eigenvalue weighted by molar-refractivity contribution is 7.89. The van der Waals surface area contributed by atoms with Gasteiger partial charge in [-0.1, -0.05) is 6.07 Å². The summed E-state index contributed by atoms with van der Waals surface area (Å²) in [7, 11) is -4.12. The van der Waals surface area contributed by atoms with Crippen molar-refractivity contribution in [3.8, 4) is 0 Å². The number of carbonyl (C=O) groups is 1. The van der Waals surface area contributed by atoms with Crippen molar-refractivity contribution in [3.05, 3.63) is 29.6 Å². The molecule has 0 aromatic heterocycles. The first kappa shape index (κ1) is 15.9. The first-order chi connectivity index (χ1) is 9.73. The number of sulfonamides is 1. The Bertz CT molecular complexity index is 661. The topological polar surface area (TPSA) is 94.9 Å². The normalized spacial score (nSPS) is 24.0. The van der Waals surface area contributed by atoms with E-state index in [1.54, 1.807) is 6.92 Å². The number of piperidine rings is 1. The molecular formula is C13H16FNO5S. The highest BCUT2D eigenvalue weighted by Crippen LogP contribution is 2.26. The Morgan fingerprint density at radius 1 is 1.43 bits per heavy atom. The van der Waals surface area contributed by atoms with Gasteiger partial charge >= 0.3 is 5.97 Å². The van der Waals surface area contributed by atoms with Crippen molar-refractivity contribution in [1.82, 2.24) is 4.31 Å². The monoisotopic (exact) mass is 317 g/mol. The van der Waals surface area contributed by atoms with Crippen LogP contribution in [0, 0.1) is 18.7 Å². The van der Waals surface area contributed by atoms with E-state index in [9.17, 15) is 22.7 Å². The van der Waals surface area contributed by atoms with Crippen LogP contribution < -0.4 is 0 Å². The van der Waals surface area contributed by atoms with Crippen LogP contribution in [0.3, 0.4) is 0 Å². The first-order valence-corrected chi connectivity index (χ1v) is 7.84. The molecule has 0 bridgehead atoms. The number of rotatable bonds is 3. The van der Waals surface area contributed by atoms with Gasteiger partial charge in [-0.25, -0.2) is 12.8 Å². The van der Waals surface area contributed by atoms with Gasteiger partial charge in [0, 0.05) is 13.1 Å². The number of hydrogen-bond acceptors (Lipinski definition) is 4. The Kier molecular flexibility index (Phi) is 4.31. The van der Waals surface area contributed by atoms with E-state index in [1.807, 2.05) is 0 Å². The third-order valence-corrected chi connectivity index (χ3v) is 5.44. The molecular weight excluding hydrogens is 301 g/mol. The molecule has 116 valence electrons. The average Bonchev–Trinajstić information content (AvgIpc) is 2.41. The number of hydrogen-bond donors (Lipinski definition) is 2. The zero-order valence-electron chi connectivity index (χ0n) is 11.4. The summed E-state index contributed by atoms with van der Waals surface area (Å²) in [6, 6.07) is 3.73. The van der Waals surface area contributed by atoms with Gasteiger partial charge in [0.2, 0.25) is 10.0 Å². The van der Waals surface area contributed by atoms with Crippen LogP contribution in [0.25, 0.3) is 0 Å². The minimum atomic E-state index is -4.12. The van der Waals surface area contributed by atoms with Gasteiger partial charge in [0.15, 0.2) is 0 Å². The van der Waals surface area contributed by atoms with Gasteiger partial charge in [0.25, 0.3) is 0 Å². The van der Waals surface area contributed by atoms with E-state index < -0.39 is 38.7 Å². The Morgan fingerprint density at radius 2 is 2.10 bits per heavy atom. The summed E-state index contributed by atoms with van der Waals surface area (Å²) in [5, 5.41) is 18.6. The molecule has 0 spiro atoms. The maximum Gasteiger partial charge on any atom is 0.310 e. The fraction of sp³-hybridized carbons (Fsp3) is 0.462. The molecule has 0 amide bonds. The minimum absolute atomic E-state index is 0.00360. The minimum Gasteiger partial charge on any atom is -0.481 e. The fourth-order valence-corrected chi connectivity index (χ4v) is 3.95. The largest absolute Gasteiger partial charge is 0.481 e. The van der Waals surface area contributed by atoms with Crippen LogP contribution >= 0.6 is 0 Å². The standard InChI is InChI=1S/C13H16FNO5S/c1-8-2-3-10(14)12(6-8)21(19,20)15-5-4-11(16)9(7-15)13(17)18/h2-3,6,9,11,16H,4-5,7H2,1H3,(H,17,18)/t9-,11-/m0/s1. The molecule has 1 fully saturated rings. The van der Waals surface area contributed by atoms with Gasteiger partial charge in [0.05, 0.1) is 12.0 Å². The summed E-state index contributed by atoms with van der Waals surface area (Å²) in [6.45, 7) is 1.23. The van der Waals surface area contributed by atoms with Crippen molar-refractivity contribution in [1.29, 1.82) is 0 Å². The van der Waals surface area contributed by atoms with Crippen LogP contribution in [0.1, 0.15) is 12.0 Å². The van der Waals surface area contributed by atoms with Gasteiger partial charge in [-0.2, -0.15) is 4.31 Å². The van der Waals surface area contributed by atoms with Gasteiger partial charge < -0.3 is 10.2 Å². The molecule has 0 saturated carbocycles. The molecule has 2 atom stereocenters. The smallest absolute Gasteiger partial charge is 0.310 e. The number of aliphatic hydroxyl groups is 1. The summed E-state index contributed by atoms with van der Waals surface area (Å²) in [4.78, 5) is 10.6. The number of carboxylic acid groups (broad SMARTS) is 1. The van der Waals surface area contributed by atoms with Gasteiger partial charge in [0.1, 0.15) is 10.7 Å². The van der Waals surface area contributed by atoms with Gasteiger partial charge in [-0.3, -0.25) is 4.79 Å². The molecule has 1 saturated heterocycles. The lowest BCUT2D eigenvalue weighted by Gasteiger charge is -2.33. The first-order valence-electron chi connectivity index (χ1n) is 6.40. The molecule has 1 aromatic carbocycles. The number of nitrogens with zero attached hydrogens (tertiary/aromatic N) is 1. The van der Waals surface area contributed by atoms with E-state index in [-0.39, 0.29) is 19.5 Å². The fourth-order valence-electron chi connectivity index (χ4n) is 2.32. The van der Waals surface area contributed by atoms with Crippen molar-refractivity contribution >= 4 is 16.0 Å². The maximum absolute atomic E-state index is 13.8. The molecule has 0 aliphatic carbocycles. The van der Waals surface area contributed by atoms with Crippen LogP contribution in [0.5, 0.6) is 0 Å². The summed E-state index contributed by atoms with van der Waals surface area (Å²) in [6.07, 6.45) is -1.10. The van der Waals surface area contributed by atoms with Crippen molar-refractivity contribution in [2.24, 2.45) is 5.92 Å². The molecule has 1 aliphatic heterocycles. The Labute approximate surface area is 121 Å². The number of carboxylic acids is 1. The summed E-state index contributed by atoms with van der Waals surface area (Å²) in [5.41, 5.74) is 0.585. The van der Waals surface area contributed by atoms with Crippen molar-refractivity contribution < 1.29 is 27.8 Å². The number of benzene rings is 1. The SMILES string of the molecule is Cc1ccc(F)c(S(=O)(=O)N2CC[C@H](O)[C@@H](C(=O)O)C2)c1. The third kappa shape index (κ3) is 3.07. The van der Waals surface area contributed by atoms with E-state index in [4.69, 9.17) is 5.11 Å². The van der Waals surface area contributed by atoms with E-state index in [2.05, 4.69) is 0 Å². The molecule has 1 aliphatic rings. The number of aliphatic hydroxyl groups excluding tert-OH is 1. The van der Waals surface area contributed by atoms with Crippen LogP contribution in [-0.4, -0.2) is 48.1 Å². The molecule has 2 rings (SSSR count). The molecule has 1 aromatic rings. The van der Waals surface area contributed by atoms with Gasteiger partial charge in [-0.15, -0.1) is 0 Å². The van der Waals surface area contributed by atoms with Crippen molar-refractivity contribution in [2.45, 2.75) is 24.3 Å². The predicted octanol–water partition coefficient (Wildman–Crippen LogP) is 0.590. The molecule has 1 heterocycles. The van der Waals surface area contributed by atoms with E-state index in [1.165, 1.54) is 12.1 Å². The Hall–Kier alpha value is -1.51. The van der Waals surface area contributed by atoms with Crippen LogP contribution in [0.15, 0.2) is 23.1 Å². The zero-order chi connectivity index (χ0) is 15.8. The molecule has 8 heteroatoms. The summed E-state index contributed by atoms with van der Waals surface area (Å²) >= 11 is 0. The average molecular weight is 317 g/mol. The summed E-state index contributed by atoms with van der Waals surface area (Å²) < 4.78 is 39.6. The highest BCUT2D eigenvalue weighted by atomic mass is 32.2. The Balaban J connectivity index is 2.36. The second kappa shape index (κ2) is 5.70. The molecule has 0 radical (unpaired) electrons. The maximum atomic E-state index is 13.8. The van der Waals surface area contributed by atoms with Crippen molar-refractivity contribution in [2.75, 3.05) is 13.1 Å². The molecule has 21 heavy (non-hydrogen) atoms. The van der Waals surface area contributed by atoms with E-state index in [0.29, 0.717) is 5.56 Å². The van der Waals surface area contributed by atoms with E-state index in [0.717, 1.165) is 10.4 Å². The lowest BCUT2D eigenvalue weighted by atomic mass is 9.96. The quantitative estimate of drug-likeness (QED) is 0.851. The number of halogens is 1. The summed E-state index contributed by atoms with van der Waals surface area (Å²) in [5.74, 6) is -3.35. The second-order valence-electron chi connectivity index (χ2n) is 5.10. The lowest BCUT2D eigenvalue weighted by molar-refractivity contribution is -0.147. The van der Waals surface area contributed by atoms with Crippen LogP contribution in [-0.2, 0) is 14.8 Å². The second-order valence-corrected chi connectivity index (χ2v) is 7.00. The van der Waals surface area contributed by atoms with Crippen LogP contribution in [0.2, 0.25) is 0 Å². The molecule has 6 nitrogen and oxygen atoms in total. The highest BCUT2D eigenvalue weighted by Gasteiger charge is 2.39. The third-order valence-electron chi connectivity index (χ3n) is 3.56. The number of aryl methyl sites for hydroxylation is 1. The zero-order valence-corrected chi connectivity index (χ0v) is 12.2. The van der Waals surface area contributed by atoms with E-state index >= 15 is 0 Å². The molecule has 2 N–H and O–H groups in total. The lowest BCUT2D eigenvalue weighted by Crippen LogP contribution is -2.48. The molecule has 0 unspecified atom stereocenters. The van der Waals surface area contributed by atoms with Gasteiger partial charge in [-0.05, 0) is 31.0 Å². The van der Waals surface area contributed by atoms with Crippen LogP contribution in [0.4, 0.5) is 4.39 Å².